The fraction of sp³-hybridized carbons (Fsp3) is 0.727. The molecule has 2 atom stereocenters. The summed E-state index contributed by atoms with van der Waals surface area (Å²) in [6.45, 7) is 3.04. The fourth-order valence-corrected chi connectivity index (χ4v) is 2.88. The Morgan fingerprint density at radius 1 is 1.43 bits per heavy atom. The van der Waals surface area contributed by atoms with Crippen LogP contribution in [0.15, 0.2) is 6.20 Å². The summed E-state index contributed by atoms with van der Waals surface area (Å²) >= 11 is 0. The van der Waals surface area contributed by atoms with Crippen molar-refractivity contribution in [3.8, 4) is 0 Å². The third-order valence-electron chi connectivity index (χ3n) is 3.77. The van der Waals surface area contributed by atoms with Gasteiger partial charge in [0.05, 0.1) is 11.4 Å². The molecule has 3 rings (SSSR count). The van der Waals surface area contributed by atoms with Crippen LogP contribution in [0.5, 0.6) is 0 Å². The molecule has 2 saturated carbocycles. The SMILES string of the molecule is Cc1nn(CC2CC3CC3C2)cc1N. The maximum absolute atomic E-state index is 5.77. The van der Waals surface area contributed by atoms with Gasteiger partial charge in [0, 0.05) is 12.7 Å². The van der Waals surface area contributed by atoms with Gasteiger partial charge in [-0.15, -0.1) is 0 Å². The summed E-state index contributed by atoms with van der Waals surface area (Å²) in [4.78, 5) is 0. The highest BCUT2D eigenvalue weighted by Crippen LogP contribution is 2.54. The lowest BCUT2D eigenvalue weighted by Crippen LogP contribution is -2.09. The van der Waals surface area contributed by atoms with Gasteiger partial charge in [0.25, 0.3) is 0 Å². The van der Waals surface area contributed by atoms with Gasteiger partial charge in [0.2, 0.25) is 0 Å². The molecule has 0 saturated heterocycles. The van der Waals surface area contributed by atoms with Crippen LogP contribution >= 0.6 is 0 Å². The molecule has 0 spiro atoms. The Hall–Kier alpha value is -0.990. The van der Waals surface area contributed by atoms with Gasteiger partial charge in [-0.1, -0.05) is 0 Å². The molecular formula is C11H17N3. The van der Waals surface area contributed by atoms with Crippen molar-refractivity contribution in [3.63, 3.8) is 0 Å². The molecule has 2 N–H and O–H groups in total. The molecule has 2 aliphatic rings. The molecule has 76 valence electrons. The third kappa shape index (κ3) is 1.31. The second-order valence-corrected chi connectivity index (χ2v) is 4.99. The number of rotatable bonds is 2. The maximum atomic E-state index is 5.77. The van der Waals surface area contributed by atoms with Crippen LogP contribution < -0.4 is 5.73 Å². The minimum absolute atomic E-state index is 0.827. The van der Waals surface area contributed by atoms with Crippen LogP contribution in [0.1, 0.15) is 25.0 Å². The molecule has 0 aromatic carbocycles. The van der Waals surface area contributed by atoms with Gasteiger partial charge < -0.3 is 5.73 Å². The summed E-state index contributed by atoms with van der Waals surface area (Å²) in [5, 5.41) is 4.41. The standard InChI is InChI=1S/C11H17N3/c1-7-11(12)6-14(13-7)5-8-2-9-4-10(9)3-8/h6,8-10H,2-5,12H2,1H3. The van der Waals surface area contributed by atoms with Crippen molar-refractivity contribution in [2.24, 2.45) is 17.8 Å². The third-order valence-corrected chi connectivity index (χ3v) is 3.77. The van der Waals surface area contributed by atoms with Gasteiger partial charge in [0.15, 0.2) is 0 Å². The Labute approximate surface area is 84.3 Å². The molecule has 3 nitrogen and oxygen atoms in total. The van der Waals surface area contributed by atoms with E-state index < -0.39 is 0 Å². The average molecular weight is 191 g/mol. The number of nitrogens with two attached hydrogens (primary N) is 1. The number of hydrogen-bond acceptors (Lipinski definition) is 2. The largest absolute Gasteiger partial charge is 0.396 e. The van der Waals surface area contributed by atoms with Crippen molar-refractivity contribution in [3.05, 3.63) is 11.9 Å². The van der Waals surface area contributed by atoms with E-state index in [0.29, 0.717) is 0 Å². The summed E-state index contributed by atoms with van der Waals surface area (Å²) in [7, 11) is 0. The molecule has 0 aliphatic heterocycles. The smallest absolute Gasteiger partial charge is 0.0822 e. The van der Waals surface area contributed by atoms with Crippen LogP contribution in [0.3, 0.4) is 0 Å². The predicted molar refractivity (Wildman–Crippen MR) is 55.7 cm³/mol. The van der Waals surface area contributed by atoms with Gasteiger partial charge >= 0.3 is 0 Å². The van der Waals surface area contributed by atoms with Gasteiger partial charge in [-0.3, -0.25) is 4.68 Å². The molecule has 0 radical (unpaired) electrons. The quantitative estimate of drug-likeness (QED) is 0.775. The zero-order chi connectivity index (χ0) is 9.71. The Balaban J connectivity index is 1.66. The van der Waals surface area contributed by atoms with Crippen LogP contribution in [0.2, 0.25) is 0 Å². The molecule has 1 heterocycles. The first-order valence-corrected chi connectivity index (χ1v) is 5.52. The lowest BCUT2D eigenvalue weighted by molar-refractivity contribution is 0.394. The summed E-state index contributed by atoms with van der Waals surface area (Å²) in [6, 6.07) is 0. The summed E-state index contributed by atoms with van der Waals surface area (Å²) in [5.41, 5.74) is 7.56. The molecule has 1 aromatic heterocycles. The van der Waals surface area contributed by atoms with Crippen LogP contribution in [0.4, 0.5) is 5.69 Å². The number of aromatic nitrogens is 2. The number of anilines is 1. The van der Waals surface area contributed by atoms with Gasteiger partial charge in [-0.05, 0) is 43.9 Å². The van der Waals surface area contributed by atoms with Crippen molar-refractivity contribution in [1.29, 1.82) is 0 Å². The van der Waals surface area contributed by atoms with Crippen LogP contribution in [0, 0.1) is 24.7 Å². The van der Waals surface area contributed by atoms with E-state index in [1.807, 2.05) is 17.8 Å². The van der Waals surface area contributed by atoms with E-state index in [1.54, 1.807) is 0 Å². The van der Waals surface area contributed by atoms with Crippen LogP contribution in [-0.2, 0) is 6.54 Å². The van der Waals surface area contributed by atoms with E-state index in [0.717, 1.165) is 35.7 Å². The minimum Gasteiger partial charge on any atom is -0.396 e. The molecule has 14 heavy (non-hydrogen) atoms. The fourth-order valence-electron chi connectivity index (χ4n) is 2.88. The first kappa shape index (κ1) is 8.33. The maximum Gasteiger partial charge on any atom is 0.0822 e. The van der Waals surface area contributed by atoms with E-state index in [4.69, 9.17) is 5.73 Å². The monoisotopic (exact) mass is 191 g/mol. The first-order valence-electron chi connectivity index (χ1n) is 5.52. The molecule has 1 aromatic rings. The van der Waals surface area contributed by atoms with Gasteiger partial charge in [-0.2, -0.15) is 5.10 Å². The van der Waals surface area contributed by atoms with Crippen molar-refractivity contribution in [2.45, 2.75) is 32.7 Å². The molecule has 3 heteroatoms. The summed E-state index contributed by atoms with van der Waals surface area (Å²) in [5.74, 6) is 2.99. The topological polar surface area (TPSA) is 43.8 Å². The summed E-state index contributed by atoms with van der Waals surface area (Å²) in [6.07, 6.45) is 6.31. The molecular weight excluding hydrogens is 174 g/mol. The predicted octanol–water partition coefficient (Wildman–Crippen LogP) is 1.82. The second kappa shape index (κ2) is 2.75. The molecule has 2 aliphatic carbocycles. The van der Waals surface area contributed by atoms with Crippen molar-refractivity contribution in [2.75, 3.05) is 5.73 Å². The highest BCUT2D eigenvalue weighted by Gasteiger charge is 2.45. The van der Waals surface area contributed by atoms with Gasteiger partial charge in [0.1, 0.15) is 0 Å². The van der Waals surface area contributed by atoms with E-state index in [9.17, 15) is 0 Å². The minimum atomic E-state index is 0.827. The average Bonchev–Trinajstić information content (AvgIpc) is 2.60. The van der Waals surface area contributed by atoms with Crippen molar-refractivity contribution < 1.29 is 0 Å². The normalized spacial score (nSPS) is 34.5. The molecule has 2 fully saturated rings. The molecule has 2 unspecified atom stereocenters. The van der Waals surface area contributed by atoms with Gasteiger partial charge in [-0.25, -0.2) is 0 Å². The lowest BCUT2D eigenvalue weighted by Gasteiger charge is -2.10. The van der Waals surface area contributed by atoms with Crippen LogP contribution in [0.25, 0.3) is 0 Å². The van der Waals surface area contributed by atoms with Crippen molar-refractivity contribution in [1.82, 2.24) is 9.78 Å². The highest BCUT2D eigenvalue weighted by atomic mass is 15.3. The van der Waals surface area contributed by atoms with E-state index in [-0.39, 0.29) is 0 Å². The summed E-state index contributed by atoms with van der Waals surface area (Å²) < 4.78 is 2.03. The molecule has 0 bridgehead atoms. The Morgan fingerprint density at radius 3 is 2.71 bits per heavy atom. The number of nitrogens with zero attached hydrogens (tertiary/aromatic N) is 2. The molecule has 0 amide bonds. The number of hydrogen-bond donors (Lipinski definition) is 1. The number of fused-ring (bicyclic) bond motifs is 1. The number of aryl methyl sites for hydroxylation is 1. The van der Waals surface area contributed by atoms with Crippen LogP contribution in [-0.4, -0.2) is 9.78 Å². The zero-order valence-corrected chi connectivity index (χ0v) is 8.61. The number of nitrogen functional groups attached to an aromatic ring is 1. The first-order chi connectivity index (χ1) is 6.72. The van der Waals surface area contributed by atoms with E-state index in [1.165, 1.54) is 19.3 Å². The Kier molecular flexibility index (Phi) is 1.64. The Bertz CT molecular complexity index is 326. The second-order valence-electron chi connectivity index (χ2n) is 4.99. The zero-order valence-electron chi connectivity index (χ0n) is 8.61. The van der Waals surface area contributed by atoms with Crippen molar-refractivity contribution >= 4 is 5.69 Å². The Morgan fingerprint density at radius 2 is 2.14 bits per heavy atom. The lowest BCUT2D eigenvalue weighted by atomic mass is 10.0. The highest BCUT2D eigenvalue weighted by molar-refractivity contribution is 5.39. The van der Waals surface area contributed by atoms with E-state index >= 15 is 0 Å². The van der Waals surface area contributed by atoms with E-state index in [2.05, 4.69) is 5.10 Å².